The number of aromatic nitrogens is 2. The normalized spacial score (nSPS) is 12.0. The van der Waals surface area contributed by atoms with E-state index in [1.165, 1.54) is 6.08 Å². The molecule has 0 spiro atoms. The summed E-state index contributed by atoms with van der Waals surface area (Å²) in [5, 5.41) is 13.2. The summed E-state index contributed by atoms with van der Waals surface area (Å²) >= 11 is 0. The molecule has 3 rings (SSSR count). The van der Waals surface area contributed by atoms with Gasteiger partial charge in [-0.3, -0.25) is 10.1 Å². The average molecular weight is 379 g/mol. The van der Waals surface area contributed by atoms with Crippen molar-refractivity contribution in [3.05, 3.63) is 70.1 Å². The lowest BCUT2D eigenvalue weighted by Crippen LogP contribution is -2.27. The highest BCUT2D eigenvalue weighted by atomic mass is 16.6. The smallest absolute Gasteiger partial charge is 0.412 e. The van der Waals surface area contributed by atoms with E-state index in [9.17, 15) is 14.7 Å². The number of aliphatic hydroxyl groups excluding tert-OH is 1. The minimum atomic E-state index is -0.654. The summed E-state index contributed by atoms with van der Waals surface area (Å²) < 4.78 is 5.24. The average Bonchev–Trinajstić information content (AvgIpc) is 2.61. The van der Waals surface area contributed by atoms with Gasteiger partial charge < -0.3 is 14.8 Å². The van der Waals surface area contributed by atoms with Crippen LogP contribution in [-0.4, -0.2) is 26.8 Å². The number of ether oxygens (including phenoxy) is 1. The highest BCUT2D eigenvalue weighted by molar-refractivity contribution is 5.91. The van der Waals surface area contributed by atoms with Crippen molar-refractivity contribution in [3.63, 3.8) is 0 Å². The first kappa shape index (κ1) is 19.2. The van der Waals surface area contributed by atoms with Gasteiger partial charge in [-0.1, -0.05) is 24.3 Å². The predicted octanol–water partition coefficient (Wildman–Crippen LogP) is 4.33. The SMILES string of the molecule is CC(C)(C)OC(=O)Nc1ccccc1C(O)=Cc1nc2ccccc2[nH]c1=O. The van der Waals surface area contributed by atoms with Crippen molar-refractivity contribution in [2.75, 3.05) is 5.32 Å². The number of hydrogen-bond acceptors (Lipinski definition) is 5. The van der Waals surface area contributed by atoms with Crippen LogP contribution >= 0.6 is 0 Å². The van der Waals surface area contributed by atoms with Crippen molar-refractivity contribution in [3.8, 4) is 0 Å². The number of aliphatic hydroxyl groups is 1. The van der Waals surface area contributed by atoms with E-state index in [0.29, 0.717) is 22.3 Å². The molecule has 2 aromatic carbocycles. The van der Waals surface area contributed by atoms with Crippen LogP contribution in [0.1, 0.15) is 32.0 Å². The fraction of sp³-hybridized carbons (Fsp3) is 0.190. The van der Waals surface area contributed by atoms with Gasteiger partial charge in [0.15, 0.2) is 0 Å². The lowest BCUT2D eigenvalue weighted by Gasteiger charge is -2.20. The molecule has 1 aromatic heterocycles. The Morgan fingerprint density at radius 3 is 2.57 bits per heavy atom. The summed E-state index contributed by atoms with van der Waals surface area (Å²) in [6, 6.07) is 13.8. The molecular formula is C21H21N3O4. The van der Waals surface area contributed by atoms with Gasteiger partial charge in [0.25, 0.3) is 5.56 Å². The summed E-state index contributed by atoms with van der Waals surface area (Å²) in [6.07, 6.45) is 0.621. The number of anilines is 1. The minimum absolute atomic E-state index is 0.0586. The molecule has 0 fully saturated rings. The lowest BCUT2D eigenvalue weighted by molar-refractivity contribution is 0.0636. The van der Waals surface area contributed by atoms with Crippen LogP contribution in [0.5, 0.6) is 0 Å². The number of aromatic amines is 1. The largest absolute Gasteiger partial charge is 0.507 e. The maximum atomic E-state index is 12.3. The fourth-order valence-corrected chi connectivity index (χ4v) is 2.58. The summed E-state index contributed by atoms with van der Waals surface area (Å²) in [4.78, 5) is 31.3. The van der Waals surface area contributed by atoms with Crippen LogP contribution in [0, 0.1) is 0 Å². The van der Waals surface area contributed by atoms with E-state index in [1.54, 1.807) is 69.3 Å². The molecule has 1 amide bonds. The monoisotopic (exact) mass is 379 g/mol. The fourth-order valence-electron chi connectivity index (χ4n) is 2.58. The van der Waals surface area contributed by atoms with Gasteiger partial charge in [0.05, 0.1) is 16.7 Å². The topological polar surface area (TPSA) is 104 Å². The second kappa shape index (κ2) is 7.56. The third kappa shape index (κ3) is 4.56. The minimum Gasteiger partial charge on any atom is -0.507 e. The van der Waals surface area contributed by atoms with Crippen LogP contribution in [0.15, 0.2) is 53.3 Å². The number of nitrogens with one attached hydrogen (secondary N) is 2. The Hall–Kier alpha value is -3.61. The van der Waals surface area contributed by atoms with E-state index in [4.69, 9.17) is 4.74 Å². The van der Waals surface area contributed by atoms with Crippen LogP contribution in [0.25, 0.3) is 22.9 Å². The van der Waals surface area contributed by atoms with Gasteiger partial charge >= 0.3 is 6.09 Å². The van der Waals surface area contributed by atoms with Crippen molar-refractivity contribution in [2.45, 2.75) is 26.4 Å². The highest BCUT2D eigenvalue weighted by Crippen LogP contribution is 2.24. The zero-order valence-corrected chi connectivity index (χ0v) is 15.8. The Morgan fingerprint density at radius 2 is 1.82 bits per heavy atom. The molecule has 7 nitrogen and oxygen atoms in total. The van der Waals surface area contributed by atoms with Crippen LogP contribution < -0.4 is 10.9 Å². The predicted molar refractivity (Wildman–Crippen MR) is 109 cm³/mol. The third-order valence-corrected chi connectivity index (χ3v) is 3.74. The lowest BCUT2D eigenvalue weighted by atomic mass is 10.1. The molecule has 7 heteroatoms. The first-order valence-corrected chi connectivity index (χ1v) is 8.72. The standard InChI is InChI=1S/C21H21N3O4/c1-21(2,3)28-20(27)24-14-9-5-4-8-13(14)18(25)12-17-19(26)23-16-11-7-6-10-15(16)22-17/h4-12,25H,1-3H3,(H,23,26)(H,24,27). The number of H-pyrrole nitrogens is 1. The molecule has 0 aliphatic carbocycles. The quantitative estimate of drug-likeness (QED) is 0.588. The molecule has 0 unspecified atom stereocenters. The van der Waals surface area contributed by atoms with E-state index in [-0.39, 0.29) is 11.5 Å². The summed E-state index contributed by atoms with van der Waals surface area (Å²) in [5.74, 6) is -0.208. The Bertz CT molecular complexity index is 1110. The van der Waals surface area contributed by atoms with Gasteiger partial charge in [-0.2, -0.15) is 0 Å². The molecule has 28 heavy (non-hydrogen) atoms. The molecule has 1 heterocycles. The Labute approximate surface area is 161 Å². The van der Waals surface area contributed by atoms with Crippen molar-refractivity contribution >= 4 is 34.6 Å². The van der Waals surface area contributed by atoms with Gasteiger partial charge in [0.2, 0.25) is 0 Å². The zero-order chi connectivity index (χ0) is 20.3. The van der Waals surface area contributed by atoms with Gasteiger partial charge in [-0.05, 0) is 45.0 Å². The molecular weight excluding hydrogens is 358 g/mol. The van der Waals surface area contributed by atoms with E-state index < -0.39 is 17.3 Å². The second-order valence-electron chi connectivity index (χ2n) is 7.17. The Kier molecular flexibility index (Phi) is 5.17. The van der Waals surface area contributed by atoms with E-state index in [2.05, 4.69) is 15.3 Å². The number of nitrogens with zero attached hydrogens (tertiary/aromatic N) is 1. The van der Waals surface area contributed by atoms with Crippen molar-refractivity contribution < 1.29 is 14.6 Å². The van der Waals surface area contributed by atoms with Crippen molar-refractivity contribution in [1.82, 2.24) is 9.97 Å². The number of carbonyl (C=O) groups excluding carboxylic acids is 1. The highest BCUT2D eigenvalue weighted by Gasteiger charge is 2.18. The number of hydrogen-bond donors (Lipinski definition) is 3. The molecule has 3 N–H and O–H groups in total. The van der Waals surface area contributed by atoms with Gasteiger partial charge in [0, 0.05) is 11.6 Å². The number of rotatable bonds is 3. The third-order valence-electron chi connectivity index (χ3n) is 3.74. The van der Waals surface area contributed by atoms with Crippen molar-refractivity contribution in [2.24, 2.45) is 0 Å². The van der Waals surface area contributed by atoms with Crippen LogP contribution in [0.2, 0.25) is 0 Å². The van der Waals surface area contributed by atoms with Crippen LogP contribution in [-0.2, 0) is 4.74 Å². The number of amides is 1. The maximum absolute atomic E-state index is 12.3. The van der Waals surface area contributed by atoms with Crippen LogP contribution in [0.4, 0.5) is 10.5 Å². The number of para-hydroxylation sites is 3. The molecule has 0 radical (unpaired) electrons. The number of benzene rings is 2. The van der Waals surface area contributed by atoms with E-state index in [1.807, 2.05) is 0 Å². The molecule has 144 valence electrons. The van der Waals surface area contributed by atoms with Gasteiger partial charge in [-0.25, -0.2) is 9.78 Å². The molecule has 0 bridgehead atoms. The second-order valence-corrected chi connectivity index (χ2v) is 7.17. The molecule has 0 saturated heterocycles. The molecule has 0 aliphatic heterocycles. The van der Waals surface area contributed by atoms with Gasteiger partial charge in [-0.15, -0.1) is 0 Å². The van der Waals surface area contributed by atoms with E-state index in [0.717, 1.165) is 0 Å². The van der Waals surface area contributed by atoms with E-state index >= 15 is 0 Å². The van der Waals surface area contributed by atoms with Crippen molar-refractivity contribution in [1.29, 1.82) is 0 Å². The summed E-state index contributed by atoms with van der Waals surface area (Å²) in [7, 11) is 0. The zero-order valence-electron chi connectivity index (χ0n) is 15.8. The summed E-state index contributed by atoms with van der Waals surface area (Å²) in [6.45, 7) is 5.27. The Morgan fingerprint density at radius 1 is 1.14 bits per heavy atom. The number of carbonyl (C=O) groups is 1. The molecule has 0 atom stereocenters. The first-order chi connectivity index (χ1) is 13.2. The maximum Gasteiger partial charge on any atom is 0.412 e. The number of fused-ring (bicyclic) bond motifs is 1. The first-order valence-electron chi connectivity index (χ1n) is 8.72. The van der Waals surface area contributed by atoms with Crippen LogP contribution in [0.3, 0.4) is 0 Å². The van der Waals surface area contributed by atoms with Gasteiger partial charge in [0.1, 0.15) is 17.1 Å². The Balaban J connectivity index is 1.95. The molecule has 0 aliphatic rings. The molecule has 3 aromatic rings. The molecule has 0 saturated carbocycles. The summed E-state index contributed by atoms with van der Waals surface area (Å²) in [5.41, 5.74) is 0.869.